The molecule has 1 aromatic heterocycles. The summed E-state index contributed by atoms with van der Waals surface area (Å²) < 4.78 is 8.05. The first kappa shape index (κ1) is 24.0. The number of unbranched alkanes of at least 4 members (excludes halogenated alkanes) is 1. The van der Waals surface area contributed by atoms with Gasteiger partial charge in [0.1, 0.15) is 6.54 Å². The van der Waals surface area contributed by atoms with E-state index in [-0.39, 0.29) is 18.5 Å². The summed E-state index contributed by atoms with van der Waals surface area (Å²) in [4.78, 5) is 29.3. The van der Waals surface area contributed by atoms with E-state index in [9.17, 15) is 9.59 Å². The van der Waals surface area contributed by atoms with Crippen LogP contribution in [0.5, 0.6) is 0 Å². The van der Waals surface area contributed by atoms with Crippen LogP contribution in [0.25, 0.3) is 0 Å². The summed E-state index contributed by atoms with van der Waals surface area (Å²) in [5, 5.41) is 2.89. The molecule has 0 radical (unpaired) electrons. The molecule has 8 heteroatoms. The van der Waals surface area contributed by atoms with Crippen molar-refractivity contribution in [1.82, 2.24) is 14.4 Å². The van der Waals surface area contributed by atoms with Crippen molar-refractivity contribution in [2.75, 3.05) is 38.7 Å². The van der Waals surface area contributed by atoms with Crippen molar-refractivity contribution in [2.24, 2.45) is 7.05 Å². The van der Waals surface area contributed by atoms with E-state index in [1.54, 1.807) is 16.9 Å². The van der Waals surface area contributed by atoms with Crippen molar-refractivity contribution >= 4 is 33.6 Å². The first-order valence-electron chi connectivity index (χ1n) is 10.1. The summed E-state index contributed by atoms with van der Waals surface area (Å²) in [6.07, 6.45) is 3.72. The summed E-state index contributed by atoms with van der Waals surface area (Å²) in [5.41, 5.74) is 1.71. The number of hydrogen-bond acceptors (Lipinski definition) is 3. The van der Waals surface area contributed by atoms with Crippen LogP contribution >= 0.6 is 15.9 Å². The number of anilines is 1. The van der Waals surface area contributed by atoms with E-state index >= 15 is 0 Å². The number of carbonyl (C=O) groups excluding carboxylic acids is 2. The molecule has 2 rings (SSSR count). The average molecular weight is 479 g/mol. The number of ether oxygens (including phenoxy) is 1. The molecule has 0 saturated carbocycles. The number of nitrogens with zero attached hydrogens (tertiary/aromatic N) is 3. The Balaban J connectivity index is 2.09. The van der Waals surface area contributed by atoms with Crippen molar-refractivity contribution in [1.29, 1.82) is 0 Å². The van der Waals surface area contributed by atoms with Gasteiger partial charge in [-0.1, -0.05) is 35.3 Å². The van der Waals surface area contributed by atoms with Gasteiger partial charge in [0.2, 0.25) is 5.91 Å². The highest BCUT2D eigenvalue weighted by molar-refractivity contribution is 9.10. The lowest BCUT2D eigenvalue weighted by Crippen LogP contribution is -2.45. The molecule has 0 bridgehead atoms. The maximum atomic E-state index is 13.1. The third-order valence-electron chi connectivity index (χ3n) is 4.79. The molecule has 0 aliphatic heterocycles. The molecule has 0 fully saturated rings. The predicted molar refractivity (Wildman–Crippen MR) is 122 cm³/mol. The highest BCUT2D eigenvalue weighted by Gasteiger charge is 2.22. The van der Waals surface area contributed by atoms with Crippen LogP contribution in [-0.2, 0) is 23.1 Å². The molecule has 164 valence electrons. The van der Waals surface area contributed by atoms with Crippen LogP contribution in [0.1, 0.15) is 25.5 Å². The monoisotopic (exact) mass is 478 g/mol. The highest BCUT2D eigenvalue weighted by Crippen LogP contribution is 2.16. The minimum absolute atomic E-state index is 0.0218. The Labute approximate surface area is 187 Å². The second-order valence-electron chi connectivity index (χ2n) is 7.13. The van der Waals surface area contributed by atoms with Crippen LogP contribution in [0.3, 0.4) is 0 Å². The number of nitrogens with one attached hydrogen (secondary N) is 1. The number of hydrogen-bond donors (Lipinski definition) is 1. The Kier molecular flexibility index (Phi) is 9.89. The number of carbonyl (C=O) groups is 2. The van der Waals surface area contributed by atoms with Gasteiger partial charge in [-0.15, -0.1) is 0 Å². The smallest absolute Gasteiger partial charge is 0.322 e. The zero-order valence-electron chi connectivity index (χ0n) is 17.9. The van der Waals surface area contributed by atoms with Crippen LogP contribution in [0.4, 0.5) is 10.5 Å². The third kappa shape index (κ3) is 7.50. The molecular weight excluding hydrogens is 448 g/mol. The fourth-order valence-corrected chi connectivity index (χ4v) is 3.38. The molecule has 0 spiro atoms. The maximum absolute atomic E-state index is 13.1. The minimum Gasteiger partial charge on any atom is -0.383 e. The zero-order chi connectivity index (χ0) is 21.9. The van der Waals surface area contributed by atoms with Gasteiger partial charge >= 0.3 is 6.03 Å². The molecule has 1 aromatic carbocycles. The van der Waals surface area contributed by atoms with Crippen molar-refractivity contribution in [3.63, 3.8) is 0 Å². The van der Waals surface area contributed by atoms with Gasteiger partial charge in [0.25, 0.3) is 0 Å². The van der Waals surface area contributed by atoms with E-state index in [1.165, 1.54) is 0 Å². The molecule has 0 saturated heterocycles. The Morgan fingerprint density at radius 1 is 1.17 bits per heavy atom. The number of amides is 3. The molecule has 0 atom stereocenters. The molecule has 30 heavy (non-hydrogen) atoms. The van der Waals surface area contributed by atoms with E-state index in [0.717, 1.165) is 23.0 Å². The van der Waals surface area contributed by atoms with E-state index in [2.05, 4.69) is 28.2 Å². The van der Waals surface area contributed by atoms with Gasteiger partial charge in [-0.05, 0) is 36.8 Å². The lowest BCUT2D eigenvalue weighted by molar-refractivity contribution is -0.133. The third-order valence-corrected chi connectivity index (χ3v) is 5.29. The normalized spacial score (nSPS) is 10.7. The van der Waals surface area contributed by atoms with E-state index in [0.29, 0.717) is 31.9 Å². The van der Waals surface area contributed by atoms with Crippen LogP contribution in [0.2, 0.25) is 0 Å². The molecule has 0 aliphatic rings. The average Bonchev–Trinajstić information content (AvgIpc) is 3.12. The molecule has 0 unspecified atom stereocenters. The van der Waals surface area contributed by atoms with Crippen LogP contribution < -0.4 is 5.32 Å². The largest absolute Gasteiger partial charge is 0.383 e. The van der Waals surface area contributed by atoms with Gasteiger partial charge < -0.3 is 24.4 Å². The zero-order valence-corrected chi connectivity index (χ0v) is 19.5. The van der Waals surface area contributed by atoms with Gasteiger partial charge in [-0.25, -0.2) is 4.79 Å². The lowest BCUT2D eigenvalue weighted by Gasteiger charge is -2.28. The first-order valence-corrected chi connectivity index (χ1v) is 10.9. The minimum atomic E-state index is -0.277. The number of aromatic nitrogens is 1. The number of aryl methyl sites for hydroxylation is 1. The van der Waals surface area contributed by atoms with E-state index in [4.69, 9.17) is 4.74 Å². The first-order chi connectivity index (χ1) is 14.4. The standard InChI is InChI=1S/C22H31BrN4O3/c1-4-5-12-27(22(29)24-19-9-6-8-18(23)15-19)17-21(28)26(13-14-30-3)16-20-10-7-11-25(20)2/h6-11,15H,4-5,12-14,16-17H2,1-3H3,(H,24,29). The summed E-state index contributed by atoms with van der Waals surface area (Å²) in [5.74, 6) is -0.103. The maximum Gasteiger partial charge on any atom is 0.322 e. The fourth-order valence-electron chi connectivity index (χ4n) is 2.98. The molecule has 2 aromatic rings. The molecular formula is C22H31BrN4O3. The van der Waals surface area contributed by atoms with E-state index < -0.39 is 0 Å². The van der Waals surface area contributed by atoms with Crippen LogP contribution in [-0.4, -0.2) is 59.7 Å². The van der Waals surface area contributed by atoms with Gasteiger partial charge in [-0.3, -0.25) is 4.79 Å². The second kappa shape index (κ2) is 12.4. The van der Waals surface area contributed by atoms with Gasteiger partial charge in [0.15, 0.2) is 0 Å². The Hall–Kier alpha value is -2.32. The molecule has 0 aliphatic carbocycles. The Morgan fingerprint density at radius 2 is 1.97 bits per heavy atom. The van der Waals surface area contributed by atoms with Gasteiger partial charge in [-0.2, -0.15) is 0 Å². The summed E-state index contributed by atoms with van der Waals surface area (Å²) in [6, 6.07) is 11.1. The number of rotatable bonds is 11. The van der Waals surface area contributed by atoms with Crippen LogP contribution in [0.15, 0.2) is 47.1 Å². The van der Waals surface area contributed by atoms with Crippen molar-refractivity contribution in [3.05, 3.63) is 52.8 Å². The highest BCUT2D eigenvalue weighted by atomic mass is 79.9. The summed E-state index contributed by atoms with van der Waals surface area (Å²) >= 11 is 3.41. The topological polar surface area (TPSA) is 66.8 Å². The number of urea groups is 1. The molecule has 3 amide bonds. The summed E-state index contributed by atoms with van der Waals surface area (Å²) in [7, 11) is 3.57. The number of benzene rings is 1. The fraction of sp³-hybridized carbons (Fsp3) is 0.455. The number of halogens is 1. The molecule has 1 N–H and O–H groups in total. The van der Waals surface area contributed by atoms with E-state index in [1.807, 2.05) is 54.2 Å². The Morgan fingerprint density at radius 3 is 2.60 bits per heavy atom. The summed E-state index contributed by atoms with van der Waals surface area (Å²) in [6.45, 7) is 3.98. The molecule has 1 heterocycles. The van der Waals surface area contributed by atoms with Crippen molar-refractivity contribution < 1.29 is 14.3 Å². The van der Waals surface area contributed by atoms with Crippen molar-refractivity contribution in [2.45, 2.75) is 26.3 Å². The lowest BCUT2D eigenvalue weighted by atomic mass is 10.3. The van der Waals surface area contributed by atoms with Gasteiger partial charge in [0.05, 0.1) is 13.2 Å². The quantitative estimate of drug-likeness (QED) is 0.528. The SMILES string of the molecule is CCCCN(CC(=O)N(CCOC)Cc1cccn1C)C(=O)Nc1cccc(Br)c1. The predicted octanol–water partition coefficient (Wildman–Crippen LogP) is 4.10. The van der Waals surface area contributed by atoms with Gasteiger partial charge in [0, 0.05) is 49.3 Å². The molecule has 7 nitrogen and oxygen atoms in total. The second-order valence-corrected chi connectivity index (χ2v) is 8.05. The van der Waals surface area contributed by atoms with Crippen molar-refractivity contribution in [3.8, 4) is 0 Å². The Bertz CT molecular complexity index is 824. The number of methoxy groups -OCH3 is 1. The van der Waals surface area contributed by atoms with Crippen LogP contribution in [0, 0.1) is 0 Å².